The molecule has 2 aromatic heterocycles. The molecule has 21 heavy (non-hydrogen) atoms. The van der Waals surface area contributed by atoms with Gasteiger partial charge in [-0.25, -0.2) is 4.98 Å². The van der Waals surface area contributed by atoms with Crippen molar-refractivity contribution in [3.8, 4) is 11.5 Å². The Bertz CT molecular complexity index is 961. The van der Waals surface area contributed by atoms with Crippen LogP contribution in [-0.2, 0) is 0 Å². The Balaban J connectivity index is 2.07. The first-order chi connectivity index (χ1) is 10.2. The van der Waals surface area contributed by atoms with Gasteiger partial charge < -0.3 is 4.42 Å². The minimum Gasteiger partial charge on any atom is -0.435 e. The van der Waals surface area contributed by atoms with E-state index in [0.717, 1.165) is 37.7 Å². The number of rotatable bonds is 1. The fraction of sp³-hybridized carbons (Fsp3) is 0.0588. The highest BCUT2D eigenvalue weighted by Crippen LogP contribution is 2.31. The molecule has 2 heterocycles. The van der Waals surface area contributed by atoms with Gasteiger partial charge in [0.15, 0.2) is 5.58 Å². The van der Waals surface area contributed by atoms with Gasteiger partial charge in [0.05, 0.1) is 11.2 Å². The first-order valence-corrected chi connectivity index (χ1v) is 7.43. The maximum atomic E-state index is 6.02. The summed E-state index contributed by atoms with van der Waals surface area (Å²) >= 11 is 3.48. The van der Waals surface area contributed by atoms with Crippen molar-refractivity contribution in [2.75, 3.05) is 0 Å². The van der Waals surface area contributed by atoms with Crippen LogP contribution in [0.5, 0.6) is 0 Å². The van der Waals surface area contributed by atoms with Crippen LogP contribution in [0.2, 0.25) is 0 Å². The first kappa shape index (κ1) is 12.5. The van der Waals surface area contributed by atoms with E-state index in [9.17, 15) is 0 Å². The number of hydrogen-bond donors (Lipinski definition) is 0. The lowest BCUT2D eigenvalue weighted by Gasteiger charge is -2.00. The number of nitrogens with zero attached hydrogens (tertiary/aromatic N) is 2. The minimum atomic E-state index is 0.630. The fourth-order valence-electron chi connectivity index (χ4n) is 2.48. The molecule has 4 heteroatoms. The van der Waals surface area contributed by atoms with E-state index in [4.69, 9.17) is 4.42 Å². The third kappa shape index (κ3) is 2.03. The topological polar surface area (TPSA) is 38.9 Å². The van der Waals surface area contributed by atoms with E-state index in [1.807, 2.05) is 55.5 Å². The van der Waals surface area contributed by atoms with Crippen molar-refractivity contribution >= 4 is 37.9 Å². The molecule has 102 valence electrons. The van der Waals surface area contributed by atoms with Crippen molar-refractivity contribution in [2.45, 2.75) is 6.92 Å². The van der Waals surface area contributed by atoms with Crippen LogP contribution >= 0.6 is 15.9 Å². The van der Waals surface area contributed by atoms with E-state index in [1.165, 1.54) is 0 Å². The molecule has 0 N–H and O–H groups in total. The molecular weight excluding hydrogens is 328 g/mol. The zero-order valence-electron chi connectivity index (χ0n) is 11.3. The quantitative estimate of drug-likeness (QED) is 0.483. The summed E-state index contributed by atoms with van der Waals surface area (Å²) < 4.78 is 7.03. The normalized spacial score (nSPS) is 11.3. The summed E-state index contributed by atoms with van der Waals surface area (Å²) in [6, 6.07) is 15.9. The predicted octanol–water partition coefficient (Wildman–Crippen LogP) is 5.11. The fourth-order valence-corrected chi connectivity index (χ4v) is 2.82. The molecule has 0 saturated carbocycles. The second kappa shape index (κ2) is 4.67. The molecule has 2 aromatic carbocycles. The van der Waals surface area contributed by atoms with Gasteiger partial charge in [0.1, 0.15) is 5.52 Å². The second-order valence-electron chi connectivity index (χ2n) is 4.92. The second-order valence-corrected chi connectivity index (χ2v) is 5.84. The molecule has 0 fully saturated rings. The molecular formula is C17H11BrN2O. The Labute approximate surface area is 129 Å². The number of halogens is 1. The Morgan fingerprint density at radius 2 is 1.81 bits per heavy atom. The maximum Gasteiger partial charge on any atom is 0.227 e. The smallest absolute Gasteiger partial charge is 0.227 e. The Kier molecular flexibility index (Phi) is 2.79. The highest BCUT2D eigenvalue weighted by atomic mass is 79.9. The van der Waals surface area contributed by atoms with E-state index in [-0.39, 0.29) is 0 Å². The molecule has 0 bridgehead atoms. The summed E-state index contributed by atoms with van der Waals surface area (Å²) in [6.07, 6.45) is 0. The number of benzene rings is 2. The van der Waals surface area contributed by atoms with E-state index in [1.54, 1.807) is 0 Å². The number of aryl methyl sites for hydroxylation is 1. The summed E-state index contributed by atoms with van der Waals surface area (Å²) in [6.45, 7) is 1.96. The Morgan fingerprint density at radius 3 is 2.62 bits per heavy atom. The van der Waals surface area contributed by atoms with Gasteiger partial charge in [-0.3, -0.25) is 4.98 Å². The Hall–Kier alpha value is -2.20. The van der Waals surface area contributed by atoms with Gasteiger partial charge in [0, 0.05) is 15.4 Å². The molecule has 0 amide bonds. The number of hydrogen-bond acceptors (Lipinski definition) is 3. The highest BCUT2D eigenvalue weighted by Gasteiger charge is 2.14. The lowest BCUT2D eigenvalue weighted by Crippen LogP contribution is -1.86. The van der Waals surface area contributed by atoms with Crippen LogP contribution in [0.3, 0.4) is 0 Å². The first-order valence-electron chi connectivity index (χ1n) is 6.64. The van der Waals surface area contributed by atoms with Gasteiger partial charge in [-0.05, 0) is 37.3 Å². The Morgan fingerprint density at radius 1 is 1.00 bits per heavy atom. The predicted molar refractivity (Wildman–Crippen MR) is 87.2 cm³/mol. The third-order valence-corrected chi connectivity index (χ3v) is 3.98. The van der Waals surface area contributed by atoms with Crippen molar-refractivity contribution < 1.29 is 4.42 Å². The van der Waals surface area contributed by atoms with Gasteiger partial charge >= 0.3 is 0 Å². The lowest BCUT2D eigenvalue weighted by atomic mass is 10.2. The average Bonchev–Trinajstić information content (AvgIpc) is 2.94. The molecule has 0 saturated heterocycles. The van der Waals surface area contributed by atoms with E-state index in [0.29, 0.717) is 5.89 Å². The van der Waals surface area contributed by atoms with Gasteiger partial charge in [-0.15, -0.1) is 0 Å². The molecule has 4 rings (SSSR count). The van der Waals surface area contributed by atoms with Gasteiger partial charge in [-0.1, -0.05) is 34.1 Å². The van der Waals surface area contributed by atoms with Crippen molar-refractivity contribution in [2.24, 2.45) is 0 Å². The third-order valence-electron chi connectivity index (χ3n) is 3.48. The minimum absolute atomic E-state index is 0.630. The largest absolute Gasteiger partial charge is 0.435 e. The zero-order valence-corrected chi connectivity index (χ0v) is 12.9. The molecule has 4 aromatic rings. The van der Waals surface area contributed by atoms with Crippen LogP contribution in [0, 0.1) is 6.92 Å². The maximum absolute atomic E-state index is 6.02. The molecule has 0 radical (unpaired) electrons. The highest BCUT2D eigenvalue weighted by molar-refractivity contribution is 9.10. The molecule has 0 aliphatic carbocycles. The molecule has 0 atom stereocenters. The van der Waals surface area contributed by atoms with E-state index >= 15 is 0 Å². The molecule has 0 spiro atoms. The molecule has 0 aliphatic heterocycles. The number of fused-ring (bicyclic) bond motifs is 3. The molecule has 3 nitrogen and oxygen atoms in total. The lowest BCUT2D eigenvalue weighted by molar-refractivity contribution is 0.623. The summed E-state index contributed by atoms with van der Waals surface area (Å²) in [7, 11) is 0. The summed E-state index contributed by atoms with van der Waals surface area (Å²) in [5.41, 5.74) is 4.37. The summed E-state index contributed by atoms with van der Waals surface area (Å²) in [5, 5.41) is 0.980. The standard InChI is InChI=1S/C17H11BrN2O/c1-10-15-16(13-8-7-12(18)9-14(13)19-10)21-17(20-15)11-5-3-2-4-6-11/h2-9H,1H3. The number of aromatic nitrogens is 2. The van der Waals surface area contributed by atoms with Gasteiger partial charge in [-0.2, -0.15) is 0 Å². The van der Waals surface area contributed by atoms with Gasteiger partial charge in [0.2, 0.25) is 5.89 Å². The van der Waals surface area contributed by atoms with Crippen molar-refractivity contribution in [3.63, 3.8) is 0 Å². The van der Waals surface area contributed by atoms with Crippen LogP contribution in [0.1, 0.15) is 5.69 Å². The van der Waals surface area contributed by atoms with Crippen LogP contribution in [-0.4, -0.2) is 9.97 Å². The van der Waals surface area contributed by atoms with Crippen LogP contribution in [0.4, 0.5) is 0 Å². The average molecular weight is 339 g/mol. The van der Waals surface area contributed by atoms with Gasteiger partial charge in [0.25, 0.3) is 0 Å². The monoisotopic (exact) mass is 338 g/mol. The zero-order chi connectivity index (χ0) is 14.4. The molecule has 0 unspecified atom stereocenters. The summed E-state index contributed by atoms with van der Waals surface area (Å²) in [4.78, 5) is 9.23. The van der Waals surface area contributed by atoms with Crippen molar-refractivity contribution in [1.82, 2.24) is 9.97 Å². The van der Waals surface area contributed by atoms with E-state index in [2.05, 4.69) is 25.9 Å². The van der Waals surface area contributed by atoms with Crippen LogP contribution < -0.4 is 0 Å². The number of oxazole rings is 1. The SMILES string of the molecule is Cc1nc2cc(Br)ccc2c2oc(-c3ccccc3)nc12. The number of pyridine rings is 1. The van der Waals surface area contributed by atoms with Crippen LogP contribution in [0.25, 0.3) is 33.5 Å². The van der Waals surface area contributed by atoms with E-state index < -0.39 is 0 Å². The van der Waals surface area contributed by atoms with Crippen molar-refractivity contribution in [1.29, 1.82) is 0 Å². The molecule has 0 aliphatic rings. The van der Waals surface area contributed by atoms with Crippen LogP contribution in [0.15, 0.2) is 57.4 Å². The summed E-state index contributed by atoms with van der Waals surface area (Å²) in [5.74, 6) is 0.630. The van der Waals surface area contributed by atoms with Crippen molar-refractivity contribution in [3.05, 3.63) is 58.7 Å².